The van der Waals surface area contributed by atoms with Gasteiger partial charge in [0.15, 0.2) is 0 Å². The maximum atomic E-state index is 4.29. The average Bonchev–Trinajstić information content (AvgIpc) is 2.33. The molecule has 2 aromatic heterocycles. The van der Waals surface area contributed by atoms with Crippen LogP contribution in [0.25, 0.3) is 0 Å². The van der Waals surface area contributed by atoms with Crippen molar-refractivity contribution in [3.8, 4) is 0 Å². The number of anilines is 1. The third kappa shape index (κ3) is 3.05. The van der Waals surface area contributed by atoms with E-state index in [0.717, 1.165) is 18.8 Å². The van der Waals surface area contributed by atoms with Crippen LogP contribution in [0, 0.1) is 6.92 Å². The zero-order chi connectivity index (χ0) is 11.2. The van der Waals surface area contributed by atoms with Gasteiger partial charge in [-0.05, 0) is 42.7 Å². The fraction of sp³-hybridized carbons (Fsp3) is 0.231. The average molecular weight is 213 g/mol. The van der Waals surface area contributed by atoms with Crippen LogP contribution in [-0.4, -0.2) is 16.5 Å². The molecule has 0 radical (unpaired) electrons. The van der Waals surface area contributed by atoms with Crippen molar-refractivity contribution < 1.29 is 0 Å². The van der Waals surface area contributed by atoms with Crippen LogP contribution in [-0.2, 0) is 6.42 Å². The van der Waals surface area contributed by atoms with Gasteiger partial charge < -0.3 is 5.32 Å². The SMILES string of the molecule is Cc1ccc(NCCc2ccncc2)nc1. The van der Waals surface area contributed by atoms with Gasteiger partial charge in [-0.1, -0.05) is 6.07 Å². The van der Waals surface area contributed by atoms with Gasteiger partial charge in [0.2, 0.25) is 0 Å². The van der Waals surface area contributed by atoms with Crippen LogP contribution in [0.1, 0.15) is 11.1 Å². The van der Waals surface area contributed by atoms with E-state index < -0.39 is 0 Å². The summed E-state index contributed by atoms with van der Waals surface area (Å²) in [5, 5.41) is 3.29. The molecule has 0 aliphatic heterocycles. The number of aryl methyl sites for hydroxylation is 1. The highest BCUT2D eigenvalue weighted by Crippen LogP contribution is 2.04. The Bertz CT molecular complexity index is 423. The predicted molar refractivity (Wildman–Crippen MR) is 65.4 cm³/mol. The molecule has 2 rings (SSSR count). The Kier molecular flexibility index (Phi) is 3.49. The lowest BCUT2D eigenvalue weighted by atomic mass is 10.2. The molecule has 0 atom stereocenters. The van der Waals surface area contributed by atoms with Crippen molar-refractivity contribution in [3.05, 3.63) is 54.0 Å². The highest BCUT2D eigenvalue weighted by atomic mass is 15.0. The number of hydrogen-bond acceptors (Lipinski definition) is 3. The van der Waals surface area contributed by atoms with Crippen LogP contribution in [0.3, 0.4) is 0 Å². The van der Waals surface area contributed by atoms with Crippen LogP contribution in [0.2, 0.25) is 0 Å². The molecule has 0 fully saturated rings. The van der Waals surface area contributed by atoms with E-state index in [0.29, 0.717) is 0 Å². The van der Waals surface area contributed by atoms with Crippen LogP contribution in [0.4, 0.5) is 5.82 Å². The minimum Gasteiger partial charge on any atom is -0.370 e. The molecule has 0 aromatic carbocycles. The van der Waals surface area contributed by atoms with Gasteiger partial charge in [0.25, 0.3) is 0 Å². The third-order valence-electron chi connectivity index (χ3n) is 2.38. The molecule has 2 aromatic rings. The molecule has 0 aliphatic rings. The van der Waals surface area contributed by atoms with Crippen molar-refractivity contribution in [1.82, 2.24) is 9.97 Å². The van der Waals surface area contributed by atoms with Gasteiger partial charge in [-0.25, -0.2) is 4.98 Å². The molecule has 0 saturated carbocycles. The number of pyridine rings is 2. The van der Waals surface area contributed by atoms with Gasteiger partial charge in [-0.3, -0.25) is 4.98 Å². The van der Waals surface area contributed by atoms with Gasteiger partial charge in [0, 0.05) is 25.1 Å². The Labute approximate surface area is 95.6 Å². The largest absolute Gasteiger partial charge is 0.370 e. The van der Waals surface area contributed by atoms with Gasteiger partial charge in [-0.15, -0.1) is 0 Å². The number of aromatic nitrogens is 2. The lowest BCUT2D eigenvalue weighted by molar-refractivity contribution is 0.999. The summed E-state index contributed by atoms with van der Waals surface area (Å²) in [5.41, 5.74) is 2.47. The maximum absolute atomic E-state index is 4.29. The van der Waals surface area contributed by atoms with E-state index in [2.05, 4.69) is 21.4 Å². The molecule has 82 valence electrons. The third-order valence-corrected chi connectivity index (χ3v) is 2.38. The van der Waals surface area contributed by atoms with Crippen molar-refractivity contribution in [2.75, 3.05) is 11.9 Å². The first-order valence-electron chi connectivity index (χ1n) is 5.40. The molecule has 0 unspecified atom stereocenters. The quantitative estimate of drug-likeness (QED) is 0.847. The standard InChI is InChI=1S/C13H15N3/c1-11-2-3-13(16-10-11)15-9-6-12-4-7-14-8-5-12/h2-5,7-8,10H,6,9H2,1H3,(H,15,16). The molecule has 2 heterocycles. The minimum atomic E-state index is 0.889. The molecule has 1 N–H and O–H groups in total. The van der Waals surface area contributed by atoms with Crippen LogP contribution in [0.5, 0.6) is 0 Å². The summed E-state index contributed by atoms with van der Waals surface area (Å²) < 4.78 is 0. The lowest BCUT2D eigenvalue weighted by Gasteiger charge is -2.05. The van der Waals surface area contributed by atoms with Crippen LogP contribution in [0.15, 0.2) is 42.9 Å². The van der Waals surface area contributed by atoms with Crippen molar-refractivity contribution >= 4 is 5.82 Å². The smallest absolute Gasteiger partial charge is 0.125 e. The van der Waals surface area contributed by atoms with E-state index in [1.807, 2.05) is 43.7 Å². The molecule has 0 aliphatic carbocycles. The Morgan fingerprint density at radius 1 is 1.12 bits per heavy atom. The predicted octanol–water partition coefficient (Wildman–Crippen LogP) is 2.44. The van der Waals surface area contributed by atoms with E-state index in [-0.39, 0.29) is 0 Å². The summed E-state index contributed by atoms with van der Waals surface area (Å²) in [6.45, 7) is 2.92. The normalized spacial score (nSPS) is 10.1. The van der Waals surface area contributed by atoms with Gasteiger partial charge in [0.1, 0.15) is 5.82 Å². The second kappa shape index (κ2) is 5.26. The van der Waals surface area contributed by atoms with Crippen LogP contribution >= 0.6 is 0 Å². The summed E-state index contributed by atoms with van der Waals surface area (Å²) in [4.78, 5) is 8.27. The number of rotatable bonds is 4. The molecular formula is C13H15N3. The van der Waals surface area contributed by atoms with Gasteiger partial charge >= 0.3 is 0 Å². The first-order valence-corrected chi connectivity index (χ1v) is 5.40. The van der Waals surface area contributed by atoms with Crippen molar-refractivity contribution in [2.24, 2.45) is 0 Å². The second-order valence-electron chi connectivity index (χ2n) is 3.75. The van der Waals surface area contributed by atoms with Gasteiger partial charge in [0.05, 0.1) is 0 Å². The highest BCUT2D eigenvalue weighted by molar-refractivity contribution is 5.35. The molecule has 0 spiro atoms. The number of hydrogen-bond donors (Lipinski definition) is 1. The Morgan fingerprint density at radius 3 is 2.62 bits per heavy atom. The zero-order valence-corrected chi connectivity index (χ0v) is 9.35. The molecular weight excluding hydrogens is 198 g/mol. The molecule has 3 nitrogen and oxygen atoms in total. The fourth-order valence-corrected chi connectivity index (χ4v) is 1.46. The molecule has 0 amide bonds. The molecule has 0 saturated heterocycles. The van der Waals surface area contributed by atoms with E-state index in [1.165, 1.54) is 11.1 Å². The highest BCUT2D eigenvalue weighted by Gasteiger charge is 1.94. The Morgan fingerprint density at radius 2 is 1.94 bits per heavy atom. The minimum absolute atomic E-state index is 0.889. The van der Waals surface area contributed by atoms with E-state index in [9.17, 15) is 0 Å². The summed E-state index contributed by atoms with van der Waals surface area (Å²) in [6.07, 6.45) is 6.49. The fourth-order valence-electron chi connectivity index (χ4n) is 1.46. The maximum Gasteiger partial charge on any atom is 0.125 e. The van der Waals surface area contributed by atoms with E-state index >= 15 is 0 Å². The lowest BCUT2D eigenvalue weighted by Crippen LogP contribution is -2.06. The number of nitrogens with zero attached hydrogens (tertiary/aromatic N) is 2. The summed E-state index contributed by atoms with van der Waals surface area (Å²) >= 11 is 0. The Balaban J connectivity index is 1.82. The van der Waals surface area contributed by atoms with Crippen molar-refractivity contribution in [1.29, 1.82) is 0 Å². The van der Waals surface area contributed by atoms with Crippen molar-refractivity contribution in [2.45, 2.75) is 13.3 Å². The van der Waals surface area contributed by atoms with Crippen molar-refractivity contribution in [3.63, 3.8) is 0 Å². The zero-order valence-electron chi connectivity index (χ0n) is 9.35. The first-order chi connectivity index (χ1) is 7.84. The second-order valence-corrected chi connectivity index (χ2v) is 3.75. The monoisotopic (exact) mass is 213 g/mol. The van der Waals surface area contributed by atoms with Crippen LogP contribution < -0.4 is 5.32 Å². The van der Waals surface area contributed by atoms with Gasteiger partial charge in [-0.2, -0.15) is 0 Å². The van der Waals surface area contributed by atoms with E-state index in [4.69, 9.17) is 0 Å². The topological polar surface area (TPSA) is 37.8 Å². The summed E-state index contributed by atoms with van der Waals surface area (Å²) in [6, 6.07) is 8.12. The molecule has 3 heteroatoms. The molecule has 16 heavy (non-hydrogen) atoms. The molecule has 0 bridgehead atoms. The Hall–Kier alpha value is -1.90. The first kappa shape index (κ1) is 10.6. The van der Waals surface area contributed by atoms with E-state index in [1.54, 1.807) is 0 Å². The summed E-state index contributed by atoms with van der Waals surface area (Å²) in [7, 11) is 0. The summed E-state index contributed by atoms with van der Waals surface area (Å²) in [5.74, 6) is 0.930. The number of nitrogens with one attached hydrogen (secondary N) is 1.